The second kappa shape index (κ2) is 6.12. The molecule has 0 saturated carbocycles. The maximum Gasteiger partial charge on any atom is 0.342 e. The Bertz CT molecular complexity index is 146. The van der Waals surface area contributed by atoms with Gasteiger partial charge < -0.3 is 0 Å². The number of halogens is 1. The summed E-state index contributed by atoms with van der Waals surface area (Å²) >= 11 is 4.97. The van der Waals surface area contributed by atoms with Gasteiger partial charge in [0.15, 0.2) is 0 Å². The van der Waals surface area contributed by atoms with E-state index in [-0.39, 0.29) is 12.8 Å². The molecule has 0 radical (unpaired) electrons. The lowest BCUT2D eigenvalue weighted by Gasteiger charge is -1.98. The molecular weight excluding hydrogens is 172 g/mol. The highest BCUT2D eigenvalue weighted by Crippen LogP contribution is 1.96. The molecule has 5 heteroatoms. The Morgan fingerprint density at radius 2 is 2.00 bits per heavy atom. The van der Waals surface area contributed by atoms with Crippen LogP contribution in [0.15, 0.2) is 0 Å². The third-order valence-corrected chi connectivity index (χ3v) is 0.984. The minimum absolute atomic E-state index is 0.0204. The Kier molecular flexibility index (Phi) is 5.78. The highest BCUT2D eigenvalue weighted by atomic mass is 35.5. The van der Waals surface area contributed by atoms with Crippen LogP contribution < -0.4 is 0 Å². The van der Waals surface area contributed by atoms with Gasteiger partial charge in [-0.15, -0.1) is 0 Å². The summed E-state index contributed by atoms with van der Waals surface area (Å²) in [5.41, 5.74) is 0. The van der Waals surface area contributed by atoms with E-state index in [4.69, 9.17) is 11.6 Å². The molecule has 0 saturated heterocycles. The van der Waals surface area contributed by atoms with Gasteiger partial charge in [-0.2, -0.15) is 4.89 Å². The zero-order valence-corrected chi connectivity index (χ0v) is 6.89. The Hall–Kier alpha value is -0.610. The highest BCUT2D eigenvalue weighted by molar-refractivity contribution is 6.63. The SMILES string of the molecule is CCOOC(=O)CCC(=O)Cl. The fraction of sp³-hybridized carbons (Fsp3) is 0.667. The van der Waals surface area contributed by atoms with E-state index in [0.717, 1.165) is 0 Å². The zero-order valence-electron chi connectivity index (χ0n) is 6.13. The predicted molar refractivity (Wildman–Crippen MR) is 37.8 cm³/mol. The van der Waals surface area contributed by atoms with E-state index in [9.17, 15) is 9.59 Å². The lowest BCUT2D eigenvalue weighted by Crippen LogP contribution is -2.06. The van der Waals surface area contributed by atoms with Crippen molar-refractivity contribution in [3.8, 4) is 0 Å². The van der Waals surface area contributed by atoms with Crippen molar-refractivity contribution in [2.24, 2.45) is 0 Å². The summed E-state index contributed by atoms with van der Waals surface area (Å²) in [7, 11) is 0. The maximum atomic E-state index is 10.5. The number of hydrogen-bond acceptors (Lipinski definition) is 4. The van der Waals surface area contributed by atoms with Gasteiger partial charge in [-0.25, -0.2) is 4.79 Å². The largest absolute Gasteiger partial charge is 0.342 e. The molecule has 0 fully saturated rings. The maximum absolute atomic E-state index is 10.5. The van der Waals surface area contributed by atoms with Crippen molar-refractivity contribution in [2.45, 2.75) is 19.8 Å². The Morgan fingerprint density at radius 3 is 2.45 bits per heavy atom. The quantitative estimate of drug-likeness (QED) is 0.360. The zero-order chi connectivity index (χ0) is 8.69. The Morgan fingerprint density at radius 1 is 1.36 bits per heavy atom. The molecule has 0 heterocycles. The van der Waals surface area contributed by atoms with E-state index in [1.165, 1.54) is 0 Å². The molecule has 0 aliphatic carbocycles. The predicted octanol–water partition coefficient (Wildman–Crippen LogP) is 1.03. The molecule has 0 atom stereocenters. The second-order valence-electron chi connectivity index (χ2n) is 1.72. The van der Waals surface area contributed by atoms with Crippen LogP contribution in [0.1, 0.15) is 19.8 Å². The van der Waals surface area contributed by atoms with Crippen LogP contribution in [-0.4, -0.2) is 17.8 Å². The molecule has 0 aromatic carbocycles. The number of carbonyl (C=O) groups is 2. The summed E-state index contributed by atoms with van der Waals surface area (Å²) in [5, 5.41) is -0.557. The van der Waals surface area contributed by atoms with E-state index < -0.39 is 11.2 Å². The van der Waals surface area contributed by atoms with Crippen LogP contribution in [0.2, 0.25) is 0 Å². The normalized spacial score (nSPS) is 9.27. The molecule has 0 aliphatic heterocycles. The minimum atomic E-state index is -0.583. The van der Waals surface area contributed by atoms with Gasteiger partial charge >= 0.3 is 5.97 Å². The van der Waals surface area contributed by atoms with Crippen LogP contribution in [0.5, 0.6) is 0 Å². The molecule has 11 heavy (non-hydrogen) atoms. The van der Waals surface area contributed by atoms with Crippen LogP contribution >= 0.6 is 11.6 Å². The third-order valence-electron chi connectivity index (χ3n) is 0.795. The van der Waals surface area contributed by atoms with Crippen molar-refractivity contribution in [3.63, 3.8) is 0 Å². The van der Waals surface area contributed by atoms with Gasteiger partial charge in [0.2, 0.25) is 5.24 Å². The first-order chi connectivity index (χ1) is 5.16. The summed E-state index contributed by atoms with van der Waals surface area (Å²) in [6.45, 7) is 1.97. The van der Waals surface area contributed by atoms with E-state index >= 15 is 0 Å². The first kappa shape index (κ1) is 10.4. The van der Waals surface area contributed by atoms with Crippen LogP contribution in [0, 0.1) is 0 Å². The fourth-order valence-corrected chi connectivity index (χ4v) is 0.461. The lowest BCUT2D eigenvalue weighted by atomic mass is 10.3. The van der Waals surface area contributed by atoms with Crippen molar-refractivity contribution in [3.05, 3.63) is 0 Å². The van der Waals surface area contributed by atoms with Crippen molar-refractivity contribution in [1.29, 1.82) is 0 Å². The van der Waals surface area contributed by atoms with Gasteiger partial charge in [0, 0.05) is 6.42 Å². The first-order valence-electron chi connectivity index (χ1n) is 3.17. The van der Waals surface area contributed by atoms with E-state index in [2.05, 4.69) is 9.78 Å². The molecular formula is C6H9ClO4. The van der Waals surface area contributed by atoms with Gasteiger partial charge in [0.05, 0.1) is 13.0 Å². The van der Waals surface area contributed by atoms with Gasteiger partial charge in [-0.05, 0) is 18.5 Å². The summed E-state index contributed by atoms with van der Waals surface area (Å²) in [6, 6.07) is 0. The number of rotatable bonds is 5. The van der Waals surface area contributed by atoms with Crippen LogP contribution in [-0.2, 0) is 19.4 Å². The van der Waals surface area contributed by atoms with Crippen LogP contribution in [0.3, 0.4) is 0 Å². The molecule has 0 rings (SSSR count). The third kappa shape index (κ3) is 7.29. The average molecular weight is 181 g/mol. The summed E-state index contributed by atoms with van der Waals surface area (Å²) in [6.07, 6.45) is -0.0597. The summed E-state index contributed by atoms with van der Waals surface area (Å²) in [5.74, 6) is -0.583. The van der Waals surface area contributed by atoms with Crippen LogP contribution in [0.4, 0.5) is 0 Å². The summed E-state index contributed by atoms with van der Waals surface area (Å²) < 4.78 is 0. The molecule has 0 bridgehead atoms. The van der Waals surface area contributed by atoms with Crippen molar-refractivity contribution in [2.75, 3.05) is 6.61 Å². The molecule has 0 aliphatic rings. The molecule has 0 unspecified atom stereocenters. The molecule has 0 amide bonds. The first-order valence-corrected chi connectivity index (χ1v) is 3.55. The lowest BCUT2D eigenvalue weighted by molar-refractivity contribution is -0.269. The average Bonchev–Trinajstić information content (AvgIpc) is 1.97. The van der Waals surface area contributed by atoms with Crippen molar-refractivity contribution >= 4 is 22.8 Å². The molecule has 64 valence electrons. The fourth-order valence-electron chi connectivity index (χ4n) is 0.367. The van der Waals surface area contributed by atoms with E-state index in [1.807, 2.05) is 0 Å². The standard InChI is InChI=1S/C6H9ClO4/c1-2-10-11-6(9)4-3-5(7)8/h2-4H2,1H3. The summed E-state index contributed by atoms with van der Waals surface area (Å²) in [4.78, 5) is 29.2. The van der Waals surface area contributed by atoms with Gasteiger partial charge in [0.1, 0.15) is 0 Å². The number of carbonyl (C=O) groups excluding carboxylic acids is 2. The Balaban J connectivity index is 3.30. The number of hydrogen-bond donors (Lipinski definition) is 0. The van der Waals surface area contributed by atoms with Crippen molar-refractivity contribution < 1.29 is 19.4 Å². The van der Waals surface area contributed by atoms with E-state index in [0.29, 0.717) is 6.61 Å². The van der Waals surface area contributed by atoms with Gasteiger partial charge in [0.25, 0.3) is 0 Å². The monoisotopic (exact) mass is 180 g/mol. The van der Waals surface area contributed by atoms with Crippen LogP contribution in [0.25, 0.3) is 0 Å². The second-order valence-corrected chi connectivity index (χ2v) is 2.14. The molecule has 0 aromatic heterocycles. The highest BCUT2D eigenvalue weighted by Gasteiger charge is 2.05. The molecule has 0 N–H and O–H groups in total. The Labute approximate surface area is 69.3 Å². The van der Waals surface area contributed by atoms with Crippen molar-refractivity contribution in [1.82, 2.24) is 0 Å². The molecule has 0 aromatic rings. The van der Waals surface area contributed by atoms with Gasteiger partial charge in [-0.3, -0.25) is 9.68 Å². The minimum Gasteiger partial charge on any atom is -0.298 e. The van der Waals surface area contributed by atoms with E-state index in [1.54, 1.807) is 6.92 Å². The molecule has 4 nitrogen and oxygen atoms in total. The smallest absolute Gasteiger partial charge is 0.298 e. The molecule has 0 spiro atoms. The van der Waals surface area contributed by atoms with Gasteiger partial charge in [-0.1, -0.05) is 0 Å². The topological polar surface area (TPSA) is 52.6 Å².